The standard InChI is InChI=1S/C21H30N6/c1-18-16-20(23-21(22-18)27-12-8-24(2)9-13-27)26-14-10-25(11-15-26)17-19-6-4-3-5-7-19/h3-7,16H,8-15,17H2,1-2H3. The normalized spacial score (nSPS) is 19.5. The highest BCUT2D eigenvalue weighted by molar-refractivity contribution is 5.46. The van der Waals surface area contributed by atoms with E-state index < -0.39 is 0 Å². The van der Waals surface area contributed by atoms with E-state index >= 15 is 0 Å². The zero-order chi connectivity index (χ0) is 18.6. The number of benzene rings is 1. The predicted octanol–water partition coefficient (Wildman–Crippen LogP) is 1.86. The van der Waals surface area contributed by atoms with Crippen molar-refractivity contribution in [2.75, 3.05) is 69.2 Å². The molecule has 0 N–H and O–H groups in total. The molecule has 0 radical (unpaired) electrons. The van der Waals surface area contributed by atoms with Crippen molar-refractivity contribution in [3.05, 3.63) is 47.7 Å². The van der Waals surface area contributed by atoms with Gasteiger partial charge in [0.25, 0.3) is 0 Å². The molecule has 2 aliphatic rings. The highest BCUT2D eigenvalue weighted by atomic mass is 15.3. The average Bonchev–Trinajstić information content (AvgIpc) is 2.69. The van der Waals surface area contributed by atoms with Gasteiger partial charge in [0, 0.05) is 70.7 Å². The highest BCUT2D eigenvalue weighted by Crippen LogP contribution is 2.20. The summed E-state index contributed by atoms with van der Waals surface area (Å²) in [6, 6.07) is 12.9. The van der Waals surface area contributed by atoms with Gasteiger partial charge in [-0.1, -0.05) is 30.3 Å². The van der Waals surface area contributed by atoms with Gasteiger partial charge in [0.2, 0.25) is 5.95 Å². The smallest absolute Gasteiger partial charge is 0.227 e. The van der Waals surface area contributed by atoms with Crippen LogP contribution in [-0.4, -0.2) is 79.2 Å². The third-order valence-corrected chi connectivity index (χ3v) is 5.56. The van der Waals surface area contributed by atoms with Crippen molar-refractivity contribution in [1.82, 2.24) is 19.8 Å². The number of anilines is 2. The van der Waals surface area contributed by atoms with Crippen molar-refractivity contribution in [3.63, 3.8) is 0 Å². The van der Waals surface area contributed by atoms with Gasteiger partial charge in [-0.3, -0.25) is 4.90 Å². The van der Waals surface area contributed by atoms with Gasteiger partial charge in [0.15, 0.2) is 0 Å². The number of piperazine rings is 2. The Morgan fingerprint density at radius 1 is 0.815 bits per heavy atom. The van der Waals surface area contributed by atoms with Crippen LogP contribution in [0.4, 0.5) is 11.8 Å². The van der Waals surface area contributed by atoms with E-state index in [0.29, 0.717) is 0 Å². The number of likely N-dealkylation sites (N-methyl/N-ethyl adjacent to an activating group) is 1. The van der Waals surface area contributed by atoms with Gasteiger partial charge >= 0.3 is 0 Å². The first-order valence-electron chi connectivity index (χ1n) is 9.98. The van der Waals surface area contributed by atoms with Crippen molar-refractivity contribution >= 4 is 11.8 Å². The first kappa shape index (κ1) is 18.2. The van der Waals surface area contributed by atoms with Gasteiger partial charge in [-0.25, -0.2) is 4.98 Å². The van der Waals surface area contributed by atoms with Gasteiger partial charge in [-0.2, -0.15) is 4.98 Å². The minimum absolute atomic E-state index is 0.893. The van der Waals surface area contributed by atoms with Crippen molar-refractivity contribution in [2.45, 2.75) is 13.5 Å². The molecule has 2 fully saturated rings. The van der Waals surface area contributed by atoms with Gasteiger partial charge < -0.3 is 14.7 Å². The summed E-state index contributed by atoms with van der Waals surface area (Å²) in [5.74, 6) is 1.97. The van der Waals surface area contributed by atoms with Crippen LogP contribution in [0.25, 0.3) is 0 Å². The SMILES string of the molecule is Cc1cc(N2CCN(Cc3ccccc3)CC2)nc(N2CCN(C)CC2)n1. The molecule has 1 aromatic carbocycles. The predicted molar refractivity (Wildman–Crippen MR) is 110 cm³/mol. The van der Waals surface area contributed by atoms with Crippen LogP contribution in [0.2, 0.25) is 0 Å². The topological polar surface area (TPSA) is 38.7 Å². The van der Waals surface area contributed by atoms with E-state index in [1.54, 1.807) is 0 Å². The van der Waals surface area contributed by atoms with E-state index in [2.05, 4.69) is 70.0 Å². The first-order valence-corrected chi connectivity index (χ1v) is 9.98. The summed E-state index contributed by atoms with van der Waals surface area (Å²) in [6.07, 6.45) is 0. The molecule has 0 spiro atoms. The molecule has 144 valence electrons. The molecule has 6 heteroatoms. The van der Waals surface area contributed by atoms with Crippen LogP contribution in [0.3, 0.4) is 0 Å². The van der Waals surface area contributed by atoms with Gasteiger partial charge in [-0.05, 0) is 19.5 Å². The molecule has 1 aromatic heterocycles. The fraction of sp³-hybridized carbons (Fsp3) is 0.524. The third-order valence-electron chi connectivity index (χ3n) is 5.56. The Kier molecular flexibility index (Phi) is 5.55. The molecular formula is C21H30N6. The number of aromatic nitrogens is 2. The van der Waals surface area contributed by atoms with Crippen molar-refractivity contribution in [1.29, 1.82) is 0 Å². The maximum atomic E-state index is 4.92. The lowest BCUT2D eigenvalue weighted by molar-refractivity contribution is 0.249. The van der Waals surface area contributed by atoms with Crippen LogP contribution < -0.4 is 9.80 Å². The van der Waals surface area contributed by atoms with Crippen LogP contribution in [0.1, 0.15) is 11.3 Å². The largest absolute Gasteiger partial charge is 0.354 e. The Morgan fingerprint density at radius 2 is 1.48 bits per heavy atom. The molecule has 0 aliphatic carbocycles. The van der Waals surface area contributed by atoms with E-state index in [9.17, 15) is 0 Å². The molecule has 27 heavy (non-hydrogen) atoms. The van der Waals surface area contributed by atoms with Crippen LogP contribution in [0.15, 0.2) is 36.4 Å². The van der Waals surface area contributed by atoms with Crippen molar-refractivity contribution < 1.29 is 0 Å². The summed E-state index contributed by atoms with van der Waals surface area (Å²) < 4.78 is 0. The maximum absolute atomic E-state index is 4.92. The second kappa shape index (κ2) is 8.23. The van der Waals surface area contributed by atoms with E-state index in [1.165, 1.54) is 5.56 Å². The molecule has 0 amide bonds. The first-order chi connectivity index (χ1) is 13.2. The molecule has 2 saturated heterocycles. The van der Waals surface area contributed by atoms with Crippen molar-refractivity contribution in [2.24, 2.45) is 0 Å². The quantitative estimate of drug-likeness (QED) is 0.822. The van der Waals surface area contributed by atoms with Crippen molar-refractivity contribution in [3.8, 4) is 0 Å². The molecular weight excluding hydrogens is 336 g/mol. The van der Waals surface area contributed by atoms with Gasteiger partial charge in [0.1, 0.15) is 5.82 Å². The molecule has 4 rings (SSSR count). The molecule has 0 bridgehead atoms. The summed E-state index contributed by atoms with van der Waals surface area (Å²) >= 11 is 0. The van der Waals surface area contributed by atoms with E-state index in [4.69, 9.17) is 9.97 Å². The van der Waals surface area contributed by atoms with Crippen LogP contribution in [-0.2, 0) is 6.54 Å². The minimum atomic E-state index is 0.893. The van der Waals surface area contributed by atoms with Gasteiger partial charge in [-0.15, -0.1) is 0 Å². The molecule has 0 unspecified atom stereocenters. The van der Waals surface area contributed by atoms with Crippen LogP contribution >= 0.6 is 0 Å². The number of nitrogens with zero attached hydrogens (tertiary/aromatic N) is 6. The van der Waals surface area contributed by atoms with E-state index in [0.717, 1.165) is 76.4 Å². The lowest BCUT2D eigenvalue weighted by atomic mass is 10.2. The van der Waals surface area contributed by atoms with E-state index in [1.807, 2.05) is 0 Å². The number of aryl methyl sites for hydroxylation is 1. The second-order valence-corrected chi connectivity index (χ2v) is 7.71. The number of hydrogen-bond acceptors (Lipinski definition) is 6. The molecule has 6 nitrogen and oxygen atoms in total. The van der Waals surface area contributed by atoms with E-state index in [-0.39, 0.29) is 0 Å². The summed E-state index contributed by atoms with van der Waals surface area (Å²) in [4.78, 5) is 19.2. The maximum Gasteiger partial charge on any atom is 0.227 e. The Morgan fingerprint density at radius 3 is 2.19 bits per heavy atom. The Hall–Kier alpha value is -2.18. The zero-order valence-electron chi connectivity index (χ0n) is 16.5. The summed E-state index contributed by atoms with van der Waals surface area (Å²) in [7, 11) is 2.18. The molecule has 2 aromatic rings. The molecule has 2 aliphatic heterocycles. The molecule has 0 atom stereocenters. The third kappa shape index (κ3) is 4.57. The monoisotopic (exact) mass is 366 g/mol. The lowest BCUT2D eigenvalue weighted by Crippen LogP contribution is -2.47. The molecule has 0 saturated carbocycles. The van der Waals surface area contributed by atoms with Crippen LogP contribution in [0, 0.1) is 6.92 Å². The average molecular weight is 367 g/mol. The summed E-state index contributed by atoms with van der Waals surface area (Å²) in [5.41, 5.74) is 2.45. The number of hydrogen-bond donors (Lipinski definition) is 0. The fourth-order valence-corrected chi connectivity index (χ4v) is 3.82. The Balaban J connectivity index is 1.39. The summed E-state index contributed by atoms with van der Waals surface area (Å²) in [5, 5.41) is 0. The highest BCUT2D eigenvalue weighted by Gasteiger charge is 2.21. The zero-order valence-corrected chi connectivity index (χ0v) is 16.5. The molecule has 3 heterocycles. The number of rotatable bonds is 4. The second-order valence-electron chi connectivity index (χ2n) is 7.71. The summed E-state index contributed by atoms with van der Waals surface area (Å²) in [6.45, 7) is 11.4. The minimum Gasteiger partial charge on any atom is -0.354 e. The van der Waals surface area contributed by atoms with Gasteiger partial charge in [0.05, 0.1) is 0 Å². The lowest BCUT2D eigenvalue weighted by Gasteiger charge is -2.36. The Bertz CT molecular complexity index is 734. The Labute approximate surface area is 162 Å². The van der Waals surface area contributed by atoms with Crippen LogP contribution in [0.5, 0.6) is 0 Å². The fourth-order valence-electron chi connectivity index (χ4n) is 3.82.